The van der Waals surface area contributed by atoms with E-state index in [2.05, 4.69) is 0 Å². The van der Waals surface area contributed by atoms with Gasteiger partial charge in [-0.3, -0.25) is 14.4 Å². The second-order valence-corrected chi connectivity index (χ2v) is 4.91. The minimum absolute atomic E-state index is 0.195. The molecule has 0 saturated carbocycles. The SMILES string of the molecule is CC(O)C(=O)O.O=C(O)CC(O)C(=O)O.O=C(O)CCC(=O)O.OCCCCO. The minimum atomic E-state index is -1.79. The number of aliphatic carboxylic acids is 5. The van der Waals surface area contributed by atoms with Crippen molar-refractivity contribution in [1.29, 1.82) is 0 Å². The smallest absolute Gasteiger partial charge is 0.333 e. The molecule has 0 aliphatic carbocycles. The molecule has 2 unspecified atom stereocenters. The lowest BCUT2D eigenvalue weighted by atomic mass is 10.3. The molecule has 0 saturated heterocycles. The quantitative estimate of drug-likeness (QED) is 0.170. The fourth-order valence-corrected chi connectivity index (χ4v) is 0.690. The molecule has 0 spiro atoms. The number of carboxylic acid groups (broad SMARTS) is 5. The van der Waals surface area contributed by atoms with Crippen molar-refractivity contribution in [2.45, 2.75) is 51.2 Å². The maximum atomic E-state index is 9.72. The Morgan fingerprint density at radius 2 is 0.966 bits per heavy atom. The highest BCUT2D eigenvalue weighted by Gasteiger charge is 2.16. The summed E-state index contributed by atoms with van der Waals surface area (Å²) >= 11 is 0. The summed E-state index contributed by atoms with van der Waals surface area (Å²) in [4.78, 5) is 48.1. The van der Waals surface area contributed by atoms with E-state index in [0.29, 0.717) is 0 Å². The topological polar surface area (TPSA) is 267 Å². The van der Waals surface area contributed by atoms with E-state index in [0.717, 1.165) is 12.8 Å². The average Bonchev–Trinajstić information content (AvgIpc) is 2.59. The van der Waals surface area contributed by atoms with Gasteiger partial charge < -0.3 is 46.0 Å². The lowest BCUT2D eigenvalue weighted by Crippen LogP contribution is -2.22. The van der Waals surface area contributed by atoms with Crippen LogP contribution < -0.4 is 0 Å². The van der Waals surface area contributed by atoms with Gasteiger partial charge in [0.2, 0.25) is 0 Å². The van der Waals surface area contributed by atoms with Gasteiger partial charge >= 0.3 is 29.8 Å². The van der Waals surface area contributed by atoms with Crippen molar-refractivity contribution in [1.82, 2.24) is 0 Å². The first-order chi connectivity index (χ1) is 13.2. The second-order valence-electron chi connectivity index (χ2n) is 4.91. The summed E-state index contributed by atoms with van der Waals surface area (Å²) < 4.78 is 0. The van der Waals surface area contributed by atoms with Crippen molar-refractivity contribution in [3.05, 3.63) is 0 Å². The van der Waals surface area contributed by atoms with E-state index in [4.69, 9.17) is 46.0 Å². The number of carboxylic acids is 5. The Kier molecular flexibility index (Phi) is 27.0. The van der Waals surface area contributed by atoms with E-state index in [1.165, 1.54) is 6.92 Å². The summed E-state index contributed by atoms with van der Waals surface area (Å²) in [5.74, 6) is -6.18. The lowest BCUT2D eigenvalue weighted by molar-refractivity contribution is -0.152. The normalized spacial score (nSPS) is 10.9. The monoisotopic (exact) mass is 432 g/mol. The first-order valence-electron chi connectivity index (χ1n) is 7.91. The molecule has 0 aromatic rings. The fraction of sp³-hybridized carbons (Fsp3) is 0.667. The largest absolute Gasteiger partial charge is 0.481 e. The zero-order valence-corrected chi connectivity index (χ0v) is 15.7. The molecule has 0 bridgehead atoms. The molecule has 0 radical (unpaired) electrons. The summed E-state index contributed by atoms with van der Waals surface area (Å²) in [6.07, 6.45) is -2.93. The van der Waals surface area contributed by atoms with E-state index in [1.54, 1.807) is 0 Å². The van der Waals surface area contributed by atoms with Crippen LogP contribution >= 0.6 is 0 Å². The minimum Gasteiger partial charge on any atom is -0.481 e. The summed E-state index contributed by atoms with van der Waals surface area (Å²) in [7, 11) is 0. The van der Waals surface area contributed by atoms with Crippen LogP contribution in [0.1, 0.15) is 39.0 Å². The van der Waals surface area contributed by atoms with Crippen molar-refractivity contribution in [3.63, 3.8) is 0 Å². The molecule has 0 aromatic carbocycles. The van der Waals surface area contributed by atoms with Gasteiger partial charge in [-0.2, -0.15) is 0 Å². The highest BCUT2D eigenvalue weighted by Crippen LogP contribution is 1.89. The Morgan fingerprint density at radius 3 is 1.07 bits per heavy atom. The highest BCUT2D eigenvalue weighted by atomic mass is 16.4. The summed E-state index contributed by atoms with van der Waals surface area (Å²) in [6, 6.07) is 0. The molecular formula is C15H28O14. The van der Waals surface area contributed by atoms with E-state index in [9.17, 15) is 24.0 Å². The molecule has 14 nitrogen and oxygen atoms in total. The van der Waals surface area contributed by atoms with Gasteiger partial charge in [-0.05, 0) is 19.8 Å². The Hall–Kier alpha value is -2.81. The molecule has 0 rings (SSSR count). The zero-order valence-electron chi connectivity index (χ0n) is 15.7. The standard InChI is InChI=1S/C4H6O5.C4H6O4.C4H10O2.C3H6O3/c5-2(4(8)9)1-3(6)7;5-3(6)1-2-4(7)8;5-3-1-2-4-6;1-2(4)3(5)6/h2,5H,1H2,(H,6,7)(H,8,9);1-2H2,(H,5,6)(H,7,8);5-6H,1-4H2;2,4H,1H3,(H,5,6). The number of aliphatic hydroxyl groups excluding tert-OH is 4. The van der Waals surface area contributed by atoms with Gasteiger partial charge in [-0.25, -0.2) is 9.59 Å². The lowest BCUT2D eigenvalue weighted by Gasteiger charge is -1.97. The molecule has 0 amide bonds. The zero-order chi connectivity index (χ0) is 24.0. The molecule has 0 aromatic heterocycles. The molecule has 0 heterocycles. The molecule has 0 aliphatic heterocycles. The van der Waals surface area contributed by atoms with Crippen LogP contribution in [-0.4, -0.2) is 101 Å². The van der Waals surface area contributed by atoms with Crippen LogP contribution in [0.25, 0.3) is 0 Å². The van der Waals surface area contributed by atoms with Crippen LogP contribution in [0.2, 0.25) is 0 Å². The predicted octanol–water partition coefficient (Wildman–Crippen LogP) is -1.95. The highest BCUT2D eigenvalue weighted by molar-refractivity contribution is 5.79. The third kappa shape index (κ3) is 45.8. The molecule has 0 aliphatic rings. The third-order valence-electron chi connectivity index (χ3n) is 2.13. The predicted molar refractivity (Wildman–Crippen MR) is 93.1 cm³/mol. The number of rotatable bonds is 10. The van der Waals surface area contributed by atoms with E-state index in [-0.39, 0.29) is 26.1 Å². The van der Waals surface area contributed by atoms with Crippen LogP contribution in [0.4, 0.5) is 0 Å². The first kappa shape index (κ1) is 33.8. The number of hydrogen-bond donors (Lipinski definition) is 9. The number of carbonyl (C=O) groups is 5. The van der Waals surface area contributed by atoms with Crippen LogP contribution in [-0.2, 0) is 24.0 Å². The molecule has 29 heavy (non-hydrogen) atoms. The molecular weight excluding hydrogens is 404 g/mol. The fourth-order valence-electron chi connectivity index (χ4n) is 0.690. The van der Waals surface area contributed by atoms with Crippen molar-refractivity contribution < 1.29 is 69.9 Å². The van der Waals surface area contributed by atoms with Crippen molar-refractivity contribution in [2.24, 2.45) is 0 Å². The molecule has 0 fully saturated rings. The van der Waals surface area contributed by atoms with Gasteiger partial charge in [0.15, 0.2) is 6.10 Å². The summed E-state index contributed by atoms with van der Waals surface area (Å²) in [6.45, 7) is 1.59. The van der Waals surface area contributed by atoms with Gasteiger partial charge in [0.25, 0.3) is 0 Å². The van der Waals surface area contributed by atoms with Gasteiger partial charge in [-0.1, -0.05) is 0 Å². The van der Waals surface area contributed by atoms with Crippen LogP contribution in [0.3, 0.4) is 0 Å². The van der Waals surface area contributed by atoms with Crippen molar-refractivity contribution in [3.8, 4) is 0 Å². The van der Waals surface area contributed by atoms with Crippen LogP contribution in [0.5, 0.6) is 0 Å². The van der Waals surface area contributed by atoms with Crippen molar-refractivity contribution in [2.75, 3.05) is 13.2 Å². The summed E-state index contributed by atoms with van der Waals surface area (Å²) in [5.41, 5.74) is 0. The Bertz CT molecular complexity index is 456. The molecule has 172 valence electrons. The molecule has 14 heteroatoms. The molecule has 9 N–H and O–H groups in total. The first-order valence-corrected chi connectivity index (χ1v) is 7.91. The van der Waals surface area contributed by atoms with Crippen LogP contribution in [0.15, 0.2) is 0 Å². The van der Waals surface area contributed by atoms with E-state index < -0.39 is 48.5 Å². The Labute approximate surface area is 165 Å². The van der Waals surface area contributed by atoms with E-state index >= 15 is 0 Å². The number of aliphatic hydroxyl groups is 4. The second kappa shape index (κ2) is 23.2. The Morgan fingerprint density at radius 1 is 0.655 bits per heavy atom. The van der Waals surface area contributed by atoms with Gasteiger partial charge in [0, 0.05) is 13.2 Å². The maximum Gasteiger partial charge on any atom is 0.333 e. The number of hydrogen-bond acceptors (Lipinski definition) is 9. The molecule has 2 atom stereocenters. The van der Waals surface area contributed by atoms with Gasteiger partial charge in [0.05, 0.1) is 19.3 Å². The maximum absolute atomic E-state index is 9.72. The van der Waals surface area contributed by atoms with E-state index in [1.807, 2.05) is 0 Å². The third-order valence-corrected chi connectivity index (χ3v) is 2.13. The summed E-state index contributed by atoms with van der Waals surface area (Å²) in [5, 5.41) is 71.9. The number of unbranched alkanes of at least 4 members (excludes halogenated alkanes) is 1. The van der Waals surface area contributed by atoms with Gasteiger partial charge in [-0.15, -0.1) is 0 Å². The Balaban J connectivity index is -0.000000146. The average molecular weight is 432 g/mol. The van der Waals surface area contributed by atoms with Crippen LogP contribution in [0, 0.1) is 0 Å². The van der Waals surface area contributed by atoms with Gasteiger partial charge in [0.1, 0.15) is 6.10 Å². The van der Waals surface area contributed by atoms with Crippen molar-refractivity contribution >= 4 is 29.8 Å².